The summed E-state index contributed by atoms with van der Waals surface area (Å²) in [6.07, 6.45) is 2.98. The topological polar surface area (TPSA) is 52.5 Å². The maximum Gasteiger partial charge on any atom is 1.00 e. The normalized spacial score (nSPS) is 16.2. The predicted molar refractivity (Wildman–Crippen MR) is 43.3 cm³/mol. The van der Waals surface area contributed by atoms with Crippen LogP contribution in [0.25, 0.3) is 0 Å². The summed E-state index contributed by atoms with van der Waals surface area (Å²) in [7, 11) is 0. The van der Waals surface area contributed by atoms with E-state index in [0.717, 1.165) is 0 Å². The number of carbonyl (C=O) groups is 1. The Balaban J connectivity index is 0.00000121. The summed E-state index contributed by atoms with van der Waals surface area (Å²) in [6.45, 7) is 3.34. The second kappa shape index (κ2) is 5.09. The summed E-state index contributed by atoms with van der Waals surface area (Å²) < 4.78 is 0. The maximum absolute atomic E-state index is 11.1. The third-order valence-corrected chi connectivity index (χ3v) is 1.55. The van der Waals surface area contributed by atoms with Crippen molar-refractivity contribution < 1.29 is 56.2 Å². The molecule has 0 saturated heterocycles. The first-order valence-electron chi connectivity index (χ1n) is 3.27. The molecule has 0 aliphatic heterocycles. The number of hydrogen-bond donors (Lipinski definition) is 0. The molecule has 1 aliphatic rings. The number of carbonyl (C=O) groups excluding carboxylic acids is 1. The minimum atomic E-state index is -0.0163. The van der Waals surface area contributed by atoms with Gasteiger partial charge in [0.1, 0.15) is 0 Å². The zero-order valence-electron chi connectivity index (χ0n) is 7.42. The van der Waals surface area contributed by atoms with Crippen LogP contribution < -0.4 is 51.4 Å². The van der Waals surface area contributed by atoms with Gasteiger partial charge in [-0.3, -0.25) is 4.79 Å². The van der Waals surface area contributed by atoms with Crippen LogP contribution in [0.1, 0.15) is 13.8 Å². The van der Waals surface area contributed by atoms with Crippen LogP contribution in [-0.4, -0.2) is 11.5 Å². The standard InChI is InChI=1S/C8H9NO2.K/c1-5-3-7(9-11)4-6(2)8(5)10;/h3-4,11H,1-2H3;/q;+1/p-1. The molecule has 0 aromatic heterocycles. The van der Waals surface area contributed by atoms with E-state index in [4.69, 9.17) is 0 Å². The molecule has 0 fully saturated rings. The van der Waals surface area contributed by atoms with Crippen molar-refractivity contribution in [2.75, 3.05) is 0 Å². The molecule has 1 rings (SSSR count). The molecular weight excluding hydrogens is 181 g/mol. The van der Waals surface area contributed by atoms with E-state index < -0.39 is 0 Å². The summed E-state index contributed by atoms with van der Waals surface area (Å²) >= 11 is 0. The Kier molecular flexibility index (Phi) is 5.20. The molecule has 0 unspecified atom stereocenters. The first-order chi connectivity index (χ1) is 5.15. The zero-order chi connectivity index (χ0) is 8.43. The minimum absolute atomic E-state index is 0. The molecule has 0 N–H and O–H groups in total. The fourth-order valence-electron chi connectivity index (χ4n) is 0.980. The number of allylic oxidation sites excluding steroid dienone is 4. The molecular formula is C8H8KNO2. The summed E-state index contributed by atoms with van der Waals surface area (Å²) in [6, 6.07) is 0. The Labute approximate surface area is 114 Å². The van der Waals surface area contributed by atoms with Gasteiger partial charge in [-0.25, -0.2) is 0 Å². The number of ketones is 1. The Hall–Kier alpha value is 0.256. The van der Waals surface area contributed by atoms with Crippen molar-refractivity contribution in [1.29, 1.82) is 0 Å². The van der Waals surface area contributed by atoms with Gasteiger partial charge in [0.15, 0.2) is 5.78 Å². The van der Waals surface area contributed by atoms with Gasteiger partial charge in [-0.15, -0.1) is 0 Å². The minimum Gasteiger partial charge on any atom is -0.792 e. The molecule has 58 valence electrons. The Morgan fingerprint density at radius 2 is 1.67 bits per heavy atom. The van der Waals surface area contributed by atoms with Gasteiger partial charge in [-0.2, -0.15) is 0 Å². The van der Waals surface area contributed by atoms with Gasteiger partial charge < -0.3 is 10.4 Å². The quantitative estimate of drug-likeness (QED) is 0.262. The van der Waals surface area contributed by atoms with E-state index in [1.165, 1.54) is 12.2 Å². The van der Waals surface area contributed by atoms with E-state index in [0.29, 0.717) is 16.9 Å². The second-order valence-electron chi connectivity index (χ2n) is 2.50. The smallest absolute Gasteiger partial charge is 0.792 e. The Morgan fingerprint density at radius 1 is 1.25 bits per heavy atom. The van der Waals surface area contributed by atoms with Crippen molar-refractivity contribution in [2.45, 2.75) is 13.8 Å². The van der Waals surface area contributed by atoms with Crippen LogP contribution in [0.2, 0.25) is 0 Å². The van der Waals surface area contributed by atoms with Crippen molar-refractivity contribution >= 4 is 11.5 Å². The average Bonchev–Trinajstić information content (AvgIpc) is 1.99. The SMILES string of the molecule is CC1=CC(=N[O-])C=C(C)C1=O.[K+]. The van der Waals surface area contributed by atoms with E-state index in [1.54, 1.807) is 13.8 Å². The third-order valence-electron chi connectivity index (χ3n) is 1.55. The third kappa shape index (κ3) is 2.64. The average molecular weight is 189 g/mol. The Bertz CT molecular complexity index is 265. The van der Waals surface area contributed by atoms with E-state index in [9.17, 15) is 10.0 Å². The monoisotopic (exact) mass is 189 g/mol. The molecule has 0 heterocycles. The maximum atomic E-state index is 11.1. The summed E-state index contributed by atoms with van der Waals surface area (Å²) in [4.78, 5) is 11.1. The van der Waals surface area contributed by atoms with Gasteiger partial charge in [-0.1, -0.05) is 0 Å². The summed E-state index contributed by atoms with van der Waals surface area (Å²) in [5, 5.41) is 12.8. The first kappa shape index (κ1) is 12.3. The molecule has 0 aromatic carbocycles. The van der Waals surface area contributed by atoms with Gasteiger partial charge in [0.2, 0.25) is 0 Å². The summed E-state index contributed by atoms with van der Waals surface area (Å²) in [5.74, 6) is -0.0163. The van der Waals surface area contributed by atoms with E-state index in [-0.39, 0.29) is 57.2 Å². The number of hydrogen-bond acceptors (Lipinski definition) is 3. The van der Waals surface area contributed by atoms with Crippen LogP contribution >= 0.6 is 0 Å². The van der Waals surface area contributed by atoms with Gasteiger partial charge in [0.05, 0.1) is 5.71 Å². The largest absolute Gasteiger partial charge is 1.00 e. The van der Waals surface area contributed by atoms with Crippen molar-refractivity contribution in [3.63, 3.8) is 0 Å². The molecule has 12 heavy (non-hydrogen) atoms. The van der Waals surface area contributed by atoms with Crippen molar-refractivity contribution in [3.8, 4) is 0 Å². The van der Waals surface area contributed by atoms with Crippen molar-refractivity contribution in [2.24, 2.45) is 5.16 Å². The predicted octanol–water partition coefficient (Wildman–Crippen LogP) is -1.60. The van der Waals surface area contributed by atoms with E-state index in [2.05, 4.69) is 5.16 Å². The number of rotatable bonds is 0. The van der Waals surface area contributed by atoms with Crippen LogP contribution in [0, 0.1) is 5.21 Å². The number of Topliss-reactive ketones (excluding diaryl/α,β-unsaturated/α-hetero) is 1. The van der Waals surface area contributed by atoms with Gasteiger partial charge in [0, 0.05) is 0 Å². The van der Waals surface area contributed by atoms with Crippen molar-refractivity contribution in [3.05, 3.63) is 28.5 Å². The van der Waals surface area contributed by atoms with E-state index in [1.807, 2.05) is 0 Å². The molecule has 1 aliphatic carbocycles. The molecule has 0 amide bonds. The molecule has 4 heteroatoms. The molecule has 0 aromatic rings. The van der Waals surface area contributed by atoms with Crippen LogP contribution in [0.5, 0.6) is 0 Å². The summed E-state index contributed by atoms with van der Waals surface area (Å²) in [5.41, 5.74) is 1.46. The zero-order valence-corrected chi connectivity index (χ0v) is 10.5. The van der Waals surface area contributed by atoms with Crippen LogP contribution in [0.4, 0.5) is 0 Å². The molecule has 0 saturated carbocycles. The van der Waals surface area contributed by atoms with Crippen LogP contribution in [-0.2, 0) is 4.79 Å². The number of nitrogens with zero attached hydrogens (tertiary/aromatic N) is 1. The molecule has 3 nitrogen and oxygen atoms in total. The molecule has 0 radical (unpaired) electrons. The van der Waals surface area contributed by atoms with Gasteiger partial charge in [-0.05, 0) is 37.1 Å². The molecule has 0 atom stereocenters. The van der Waals surface area contributed by atoms with Crippen LogP contribution in [0.15, 0.2) is 28.5 Å². The second-order valence-corrected chi connectivity index (χ2v) is 2.50. The van der Waals surface area contributed by atoms with Crippen molar-refractivity contribution in [1.82, 2.24) is 0 Å². The van der Waals surface area contributed by atoms with Gasteiger partial charge >= 0.3 is 51.4 Å². The fraction of sp³-hybridized carbons (Fsp3) is 0.250. The Morgan fingerprint density at radius 3 is 2.00 bits per heavy atom. The fourth-order valence-corrected chi connectivity index (χ4v) is 0.980. The van der Waals surface area contributed by atoms with E-state index >= 15 is 0 Å². The van der Waals surface area contributed by atoms with Gasteiger partial charge in [0.25, 0.3) is 0 Å². The first-order valence-corrected chi connectivity index (χ1v) is 3.27. The molecule has 0 spiro atoms. The van der Waals surface area contributed by atoms with Crippen LogP contribution in [0.3, 0.4) is 0 Å². The molecule has 0 bridgehead atoms.